The summed E-state index contributed by atoms with van der Waals surface area (Å²) in [5.41, 5.74) is 0.416. The van der Waals surface area contributed by atoms with Crippen molar-refractivity contribution in [1.29, 1.82) is 0 Å². The number of methoxy groups -OCH3 is 3. The van der Waals surface area contributed by atoms with Crippen LogP contribution in [0.25, 0.3) is 0 Å². The van der Waals surface area contributed by atoms with Crippen LogP contribution in [0.5, 0.6) is 0 Å². The molecule has 0 unspecified atom stereocenters. The van der Waals surface area contributed by atoms with Crippen molar-refractivity contribution in [2.24, 2.45) is 0 Å². The van der Waals surface area contributed by atoms with Crippen LogP contribution in [0.1, 0.15) is 30.8 Å². The van der Waals surface area contributed by atoms with Crippen molar-refractivity contribution in [2.45, 2.75) is 25.7 Å². The van der Waals surface area contributed by atoms with E-state index in [2.05, 4.69) is 4.98 Å². The minimum atomic E-state index is -0.400. The third kappa shape index (κ3) is 2.75. The van der Waals surface area contributed by atoms with Crippen molar-refractivity contribution in [1.82, 2.24) is 4.98 Å². The van der Waals surface area contributed by atoms with Crippen molar-refractivity contribution in [3.63, 3.8) is 0 Å². The molecule has 0 atom stereocenters. The third-order valence-electron chi connectivity index (χ3n) is 2.22. The Labute approximate surface area is 94.2 Å². The Bertz CT molecular complexity index is 307. The molecule has 0 saturated heterocycles. The van der Waals surface area contributed by atoms with Gasteiger partial charge in [-0.15, -0.1) is 11.3 Å². The van der Waals surface area contributed by atoms with Gasteiger partial charge in [0.25, 0.3) is 0 Å². The van der Waals surface area contributed by atoms with Crippen LogP contribution in [-0.2, 0) is 19.8 Å². The van der Waals surface area contributed by atoms with Gasteiger partial charge in [0.15, 0.2) is 0 Å². The fourth-order valence-electron chi connectivity index (χ4n) is 1.10. The highest BCUT2D eigenvalue weighted by Gasteiger charge is 2.25. The highest BCUT2D eigenvalue weighted by atomic mass is 32.1. The summed E-state index contributed by atoms with van der Waals surface area (Å²) in [6.45, 7) is 3.95. The van der Waals surface area contributed by atoms with Gasteiger partial charge in [-0.1, -0.05) is 0 Å². The second kappa shape index (κ2) is 5.03. The zero-order valence-electron chi connectivity index (χ0n) is 9.73. The van der Waals surface area contributed by atoms with Gasteiger partial charge in [0.1, 0.15) is 16.3 Å². The monoisotopic (exact) mass is 231 g/mol. The molecule has 1 aromatic heterocycles. The van der Waals surface area contributed by atoms with E-state index in [1.54, 1.807) is 32.7 Å². The Morgan fingerprint density at radius 2 is 1.87 bits per heavy atom. The molecule has 0 aromatic carbocycles. The number of aromatic nitrogens is 1. The van der Waals surface area contributed by atoms with E-state index in [1.165, 1.54) is 0 Å². The molecule has 0 aliphatic heterocycles. The van der Waals surface area contributed by atoms with Crippen molar-refractivity contribution in [2.75, 3.05) is 21.3 Å². The van der Waals surface area contributed by atoms with Gasteiger partial charge in [-0.3, -0.25) is 0 Å². The molecular weight excluding hydrogens is 214 g/mol. The molecule has 4 nitrogen and oxygen atoms in total. The standard InChI is InChI=1S/C10H17NO3S/c1-10(2,14-5)9-11-7(6-15-9)8(12-3)13-4/h6,8H,1-5H3. The number of ether oxygens (including phenoxy) is 3. The molecule has 15 heavy (non-hydrogen) atoms. The minimum Gasteiger partial charge on any atom is -0.372 e. The maximum atomic E-state index is 5.35. The van der Waals surface area contributed by atoms with Crippen LogP contribution in [0.2, 0.25) is 0 Å². The van der Waals surface area contributed by atoms with E-state index in [-0.39, 0.29) is 5.60 Å². The van der Waals surface area contributed by atoms with Gasteiger partial charge in [0.05, 0.1) is 0 Å². The predicted molar refractivity (Wildman–Crippen MR) is 58.9 cm³/mol. The number of hydrogen-bond acceptors (Lipinski definition) is 5. The SMILES string of the molecule is COC(OC)c1csc(C(C)(C)OC)n1. The summed E-state index contributed by atoms with van der Waals surface area (Å²) in [5, 5.41) is 2.84. The Balaban J connectivity index is 2.89. The molecule has 0 bridgehead atoms. The largest absolute Gasteiger partial charge is 0.372 e. The molecule has 5 heteroatoms. The van der Waals surface area contributed by atoms with Gasteiger partial charge in [-0.25, -0.2) is 4.98 Å². The molecule has 0 aliphatic carbocycles. The van der Waals surface area contributed by atoms with Gasteiger partial charge < -0.3 is 14.2 Å². The lowest BCUT2D eigenvalue weighted by molar-refractivity contribution is -0.108. The predicted octanol–water partition coefficient (Wildman–Crippen LogP) is 2.32. The van der Waals surface area contributed by atoms with E-state index in [0.29, 0.717) is 0 Å². The van der Waals surface area contributed by atoms with Crippen LogP contribution in [0.3, 0.4) is 0 Å². The smallest absolute Gasteiger partial charge is 0.201 e. The van der Waals surface area contributed by atoms with Gasteiger partial charge in [0.2, 0.25) is 6.29 Å². The number of nitrogens with zero attached hydrogens (tertiary/aromatic N) is 1. The molecule has 1 heterocycles. The second-order valence-electron chi connectivity index (χ2n) is 3.60. The lowest BCUT2D eigenvalue weighted by atomic mass is 10.1. The first-order valence-electron chi connectivity index (χ1n) is 4.61. The average molecular weight is 231 g/mol. The van der Waals surface area contributed by atoms with Gasteiger partial charge in [-0.05, 0) is 13.8 Å². The van der Waals surface area contributed by atoms with Crippen molar-refractivity contribution in [3.05, 3.63) is 16.1 Å². The zero-order chi connectivity index (χ0) is 11.5. The van der Waals surface area contributed by atoms with Crippen molar-refractivity contribution >= 4 is 11.3 Å². The summed E-state index contributed by atoms with van der Waals surface area (Å²) in [5.74, 6) is 0. The van der Waals surface area contributed by atoms with E-state index in [0.717, 1.165) is 10.7 Å². The molecule has 0 amide bonds. The fraction of sp³-hybridized carbons (Fsp3) is 0.700. The highest BCUT2D eigenvalue weighted by molar-refractivity contribution is 7.09. The highest BCUT2D eigenvalue weighted by Crippen LogP contribution is 2.29. The first kappa shape index (κ1) is 12.6. The number of rotatable bonds is 5. The zero-order valence-corrected chi connectivity index (χ0v) is 10.6. The molecule has 1 aromatic rings. The summed E-state index contributed by atoms with van der Waals surface area (Å²) in [7, 11) is 4.86. The van der Waals surface area contributed by atoms with Gasteiger partial charge >= 0.3 is 0 Å². The Morgan fingerprint density at radius 3 is 2.33 bits per heavy atom. The molecule has 0 aliphatic rings. The molecule has 1 rings (SSSR count). The van der Waals surface area contributed by atoms with Crippen LogP contribution >= 0.6 is 11.3 Å². The lowest BCUT2D eigenvalue weighted by Crippen LogP contribution is -2.19. The van der Waals surface area contributed by atoms with Crippen LogP contribution in [0.4, 0.5) is 0 Å². The summed E-state index contributed by atoms with van der Waals surface area (Å²) in [6, 6.07) is 0. The van der Waals surface area contributed by atoms with E-state index >= 15 is 0 Å². The van der Waals surface area contributed by atoms with Gasteiger partial charge in [-0.2, -0.15) is 0 Å². The topological polar surface area (TPSA) is 40.6 Å². The van der Waals surface area contributed by atoms with Crippen molar-refractivity contribution < 1.29 is 14.2 Å². The van der Waals surface area contributed by atoms with E-state index < -0.39 is 6.29 Å². The molecule has 0 spiro atoms. The summed E-state index contributed by atoms with van der Waals surface area (Å²) < 4.78 is 15.6. The van der Waals surface area contributed by atoms with E-state index in [4.69, 9.17) is 14.2 Å². The summed E-state index contributed by atoms with van der Waals surface area (Å²) >= 11 is 1.54. The second-order valence-corrected chi connectivity index (χ2v) is 4.45. The average Bonchev–Trinajstić information content (AvgIpc) is 2.70. The molecule has 0 saturated carbocycles. The quantitative estimate of drug-likeness (QED) is 0.729. The van der Waals surface area contributed by atoms with Crippen LogP contribution in [0, 0.1) is 0 Å². The molecular formula is C10H17NO3S. The molecule has 0 fully saturated rings. The van der Waals surface area contributed by atoms with Crippen LogP contribution in [0.15, 0.2) is 5.38 Å². The molecule has 0 N–H and O–H groups in total. The normalized spacial score (nSPS) is 12.4. The Morgan fingerprint density at radius 1 is 1.27 bits per heavy atom. The maximum Gasteiger partial charge on any atom is 0.201 e. The first-order valence-corrected chi connectivity index (χ1v) is 5.49. The van der Waals surface area contributed by atoms with E-state index in [9.17, 15) is 0 Å². The molecule has 86 valence electrons. The first-order chi connectivity index (χ1) is 7.05. The maximum absolute atomic E-state index is 5.35. The fourth-order valence-corrected chi connectivity index (χ4v) is 2.02. The van der Waals surface area contributed by atoms with E-state index in [1.807, 2.05) is 19.2 Å². The Kier molecular flexibility index (Phi) is 4.21. The number of thiazole rings is 1. The lowest BCUT2D eigenvalue weighted by Gasteiger charge is -2.19. The summed E-state index contributed by atoms with van der Waals surface area (Å²) in [4.78, 5) is 4.44. The van der Waals surface area contributed by atoms with Gasteiger partial charge in [0, 0.05) is 26.7 Å². The Hall–Kier alpha value is -0.490. The van der Waals surface area contributed by atoms with Crippen LogP contribution in [-0.4, -0.2) is 26.3 Å². The van der Waals surface area contributed by atoms with Crippen molar-refractivity contribution in [3.8, 4) is 0 Å². The third-order valence-corrected chi connectivity index (χ3v) is 3.38. The summed E-state index contributed by atoms with van der Waals surface area (Å²) in [6.07, 6.45) is -0.400. The molecule has 0 radical (unpaired) electrons. The van der Waals surface area contributed by atoms with Crippen LogP contribution < -0.4 is 0 Å². The minimum absolute atomic E-state index is 0.366. The number of hydrogen-bond donors (Lipinski definition) is 0.